The highest BCUT2D eigenvalue weighted by Gasteiger charge is 2.26. The number of carbonyl (C=O) groups is 1. The van der Waals surface area contributed by atoms with Crippen molar-refractivity contribution in [3.63, 3.8) is 0 Å². The fourth-order valence-electron chi connectivity index (χ4n) is 5.67. The highest BCUT2D eigenvalue weighted by atomic mass is 32.2. The molecule has 1 aromatic carbocycles. The second-order valence-electron chi connectivity index (χ2n) is 10.8. The lowest BCUT2D eigenvalue weighted by Crippen LogP contribution is -2.44. The van der Waals surface area contributed by atoms with Crippen LogP contribution in [-0.4, -0.2) is 75.3 Å². The van der Waals surface area contributed by atoms with Gasteiger partial charge in [0.15, 0.2) is 6.23 Å². The molecule has 3 atom stereocenters. The number of benzene rings is 1. The summed E-state index contributed by atoms with van der Waals surface area (Å²) in [7, 11) is -3.05. The molecule has 6 rings (SSSR count). The van der Waals surface area contributed by atoms with Crippen molar-refractivity contribution in [2.45, 2.75) is 50.3 Å². The number of morpholine rings is 1. The van der Waals surface area contributed by atoms with Gasteiger partial charge >= 0.3 is 6.09 Å². The number of hydrogen-bond acceptors (Lipinski definition) is 9. The Morgan fingerprint density at radius 3 is 2.84 bits per heavy atom. The van der Waals surface area contributed by atoms with Gasteiger partial charge in [0.25, 0.3) is 0 Å². The number of carbonyl (C=O) groups excluding carboxylic acids is 1. The molecule has 4 aromatic rings. The Morgan fingerprint density at radius 1 is 1.16 bits per heavy atom. The van der Waals surface area contributed by atoms with E-state index in [0.29, 0.717) is 37.0 Å². The molecule has 2 saturated heterocycles. The van der Waals surface area contributed by atoms with Crippen LogP contribution in [0.1, 0.15) is 39.3 Å². The van der Waals surface area contributed by atoms with Gasteiger partial charge in [-0.2, -0.15) is 5.10 Å². The zero-order chi connectivity index (χ0) is 30.0. The van der Waals surface area contributed by atoms with Gasteiger partial charge in [-0.3, -0.25) is 4.98 Å². The molecule has 3 aromatic heterocycles. The smallest absolute Gasteiger partial charge is 0.442 e. The Kier molecular flexibility index (Phi) is 8.42. The standard InChI is InChI=1S/C31H36N6O5S/c1-4-41-31(38)35-43(3,39)23-9-7-8-22(18-23)25-19-27(36-15-17-40-20-21(36)2)34-29-24(25)11-13-32-30(29)26-12-14-33-37(26)28-10-5-6-16-42-28/h7-9,11-14,18-19,21,28H,4-6,10,15-17,20H2,1-3H3. The largest absolute Gasteiger partial charge is 0.448 e. The average Bonchev–Trinajstić information content (AvgIpc) is 3.51. The molecule has 0 radical (unpaired) electrons. The predicted molar refractivity (Wildman–Crippen MR) is 164 cm³/mol. The van der Waals surface area contributed by atoms with Crippen molar-refractivity contribution >= 4 is 32.5 Å². The first kappa shape index (κ1) is 29.2. The van der Waals surface area contributed by atoms with Gasteiger partial charge in [-0.05, 0) is 74.6 Å². The Morgan fingerprint density at radius 2 is 2.05 bits per heavy atom. The molecule has 5 heterocycles. The first-order valence-corrected chi connectivity index (χ1v) is 16.6. The molecule has 0 bridgehead atoms. The van der Waals surface area contributed by atoms with E-state index in [1.807, 2.05) is 35.0 Å². The van der Waals surface area contributed by atoms with E-state index < -0.39 is 15.8 Å². The van der Waals surface area contributed by atoms with Crippen LogP contribution in [0.2, 0.25) is 0 Å². The van der Waals surface area contributed by atoms with Crippen molar-refractivity contribution in [3.05, 3.63) is 54.9 Å². The minimum Gasteiger partial charge on any atom is -0.448 e. The second kappa shape index (κ2) is 12.4. The summed E-state index contributed by atoms with van der Waals surface area (Å²) in [5.74, 6) is 0.798. The molecule has 0 saturated carbocycles. The van der Waals surface area contributed by atoms with Gasteiger partial charge in [-0.25, -0.2) is 18.7 Å². The minimum absolute atomic E-state index is 0.122. The van der Waals surface area contributed by atoms with Crippen LogP contribution in [0.5, 0.6) is 0 Å². The SMILES string of the molecule is CCOC(=O)N=S(C)(=O)c1cccc(-c2cc(N3CCOCC3C)nc3c(-c4ccnn4C4CCCCO4)nccc23)c1. The number of fused-ring (bicyclic) bond motifs is 1. The molecule has 0 N–H and O–H groups in total. The van der Waals surface area contributed by atoms with Crippen LogP contribution in [-0.2, 0) is 23.9 Å². The zero-order valence-electron chi connectivity index (χ0n) is 24.6. The van der Waals surface area contributed by atoms with Crippen LogP contribution in [0.4, 0.5) is 10.6 Å². The molecule has 1 amide bonds. The fourth-order valence-corrected chi connectivity index (χ4v) is 6.79. The topological polar surface area (TPSA) is 121 Å². The van der Waals surface area contributed by atoms with E-state index in [1.165, 1.54) is 6.26 Å². The maximum absolute atomic E-state index is 13.5. The van der Waals surface area contributed by atoms with Crippen LogP contribution in [0.15, 0.2) is 64.1 Å². The molecule has 12 heteroatoms. The van der Waals surface area contributed by atoms with E-state index in [2.05, 4.69) is 27.4 Å². The van der Waals surface area contributed by atoms with E-state index >= 15 is 0 Å². The van der Waals surface area contributed by atoms with Crippen molar-refractivity contribution in [3.8, 4) is 22.5 Å². The molecular formula is C31H36N6O5S. The Bertz CT molecular complexity index is 1760. The molecular weight excluding hydrogens is 568 g/mol. The van der Waals surface area contributed by atoms with Crippen LogP contribution in [0.3, 0.4) is 0 Å². The van der Waals surface area contributed by atoms with E-state index in [-0.39, 0.29) is 18.9 Å². The van der Waals surface area contributed by atoms with Crippen LogP contribution in [0, 0.1) is 0 Å². The fraction of sp³-hybridized carbons (Fsp3) is 0.419. The van der Waals surface area contributed by atoms with E-state index in [9.17, 15) is 9.00 Å². The third-order valence-electron chi connectivity index (χ3n) is 7.82. The summed E-state index contributed by atoms with van der Waals surface area (Å²) in [5.41, 5.74) is 3.99. The highest BCUT2D eigenvalue weighted by Crippen LogP contribution is 2.38. The lowest BCUT2D eigenvalue weighted by molar-refractivity contribution is -0.0383. The minimum atomic E-state index is -3.05. The summed E-state index contributed by atoms with van der Waals surface area (Å²) < 4.78 is 36.0. The number of ether oxygens (including phenoxy) is 3. The van der Waals surface area contributed by atoms with Gasteiger partial charge in [-0.1, -0.05) is 12.1 Å². The summed E-state index contributed by atoms with van der Waals surface area (Å²) in [5, 5.41) is 5.50. The number of aromatic nitrogens is 4. The maximum atomic E-state index is 13.5. The third-order valence-corrected chi connectivity index (χ3v) is 9.44. The summed E-state index contributed by atoms with van der Waals surface area (Å²) in [6, 6.07) is 13.4. The number of nitrogens with zero attached hydrogens (tertiary/aromatic N) is 6. The van der Waals surface area contributed by atoms with Gasteiger partial charge in [-0.15, -0.1) is 4.36 Å². The molecule has 43 heavy (non-hydrogen) atoms. The van der Waals surface area contributed by atoms with Gasteiger partial charge in [0, 0.05) is 42.1 Å². The molecule has 2 aliphatic rings. The van der Waals surface area contributed by atoms with Crippen molar-refractivity contribution in [1.29, 1.82) is 0 Å². The Hall–Kier alpha value is -3.87. The first-order chi connectivity index (χ1) is 20.9. The molecule has 2 fully saturated rings. The molecule has 3 unspecified atom stereocenters. The highest BCUT2D eigenvalue weighted by molar-refractivity contribution is 7.93. The van der Waals surface area contributed by atoms with Gasteiger partial charge < -0.3 is 19.1 Å². The van der Waals surface area contributed by atoms with Gasteiger partial charge in [0.05, 0.1) is 41.3 Å². The monoisotopic (exact) mass is 604 g/mol. The lowest BCUT2D eigenvalue weighted by atomic mass is 10.00. The Balaban J connectivity index is 1.54. The number of pyridine rings is 2. The van der Waals surface area contributed by atoms with E-state index in [0.717, 1.165) is 52.8 Å². The molecule has 0 aliphatic carbocycles. The summed E-state index contributed by atoms with van der Waals surface area (Å²) in [4.78, 5) is 24.8. The Labute approximate surface area is 251 Å². The van der Waals surface area contributed by atoms with Gasteiger partial charge in [0.1, 0.15) is 17.0 Å². The normalized spacial score (nSPS) is 20.5. The van der Waals surface area contributed by atoms with Crippen LogP contribution >= 0.6 is 0 Å². The van der Waals surface area contributed by atoms with Gasteiger partial charge in [0.2, 0.25) is 0 Å². The number of amides is 1. The van der Waals surface area contributed by atoms with E-state index in [4.69, 9.17) is 24.2 Å². The number of rotatable bonds is 6. The first-order valence-electron chi connectivity index (χ1n) is 14.6. The van der Waals surface area contributed by atoms with Crippen LogP contribution in [0.25, 0.3) is 33.4 Å². The zero-order valence-corrected chi connectivity index (χ0v) is 25.5. The van der Waals surface area contributed by atoms with Crippen molar-refractivity contribution in [1.82, 2.24) is 19.7 Å². The summed E-state index contributed by atoms with van der Waals surface area (Å²) >= 11 is 0. The van der Waals surface area contributed by atoms with Crippen molar-refractivity contribution in [2.24, 2.45) is 4.36 Å². The predicted octanol–water partition coefficient (Wildman–Crippen LogP) is 5.70. The summed E-state index contributed by atoms with van der Waals surface area (Å²) in [6.07, 6.45) is 7.01. The average molecular weight is 605 g/mol. The van der Waals surface area contributed by atoms with E-state index in [1.54, 1.807) is 25.4 Å². The maximum Gasteiger partial charge on any atom is 0.442 e. The number of hydrogen-bond donors (Lipinski definition) is 0. The van der Waals surface area contributed by atoms with Crippen LogP contribution < -0.4 is 4.90 Å². The number of anilines is 1. The molecule has 226 valence electrons. The molecule has 11 nitrogen and oxygen atoms in total. The van der Waals surface area contributed by atoms with Crippen molar-refractivity contribution < 1.29 is 23.2 Å². The summed E-state index contributed by atoms with van der Waals surface area (Å²) in [6.45, 7) is 6.57. The molecule has 2 aliphatic heterocycles. The second-order valence-corrected chi connectivity index (χ2v) is 13.1. The quantitative estimate of drug-likeness (QED) is 0.273. The van der Waals surface area contributed by atoms with Crippen molar-refractivity contribution in [2.75, 3.05) is 44.1 Å². The third kappa shape index (κ3) is 5.99. The lowest BCUT2D eigenvalue weighted by Gasteiger charge is -2.34. The molecule has 0 spiro atoms.